The van der Waals surface area contributed by atoms with E-state index >= 15 is 0 Å². The van der Waals surface area contributed by atoms with Gasteiger partial charge in [0.15, 0.2) is 0 Å². The van der Waals surface area contributed by atoms with Crippen LogP contribution in [-0.2, 0) is 0 Å². The third kappa shape index (κ3) is 2.76. The van der Waals surface area contributed by atoms with Crippen molar-refractivity contribution in [1.29, 1.82) is 0 Å². The highest BCUT2D eigenvalue weighted by Crippen LogP contribution is 2.27. The zero-order chi connectivity index (χ0) is 8.97. The highest BCUT2D eigenvalue weighted by molar-refractivity contribution is 4.74. The molecular weight excluding hydrogens is 148 g/mol. The summed E-state index contributed by atoms with van der Waals surface area (Å²) in [5.41, 5.74) is 5.52. The van der Waals surface area contributed by atoms with E-state index in [-0.39, 0.29) is 0 Å². The molecule has 0 aromatic carbocycles. The predicted molar refractivity (Wildman–Crippen MR) is 53.1 cm³/mol. The average Bonchev–Trinajstić information content (AvgIpc) is 1.97. The molecule has 1 aliphatic rings. The molecule has 0 saturated heterocycles. The number of nitrogens with zero attached hydrogens (tertiary/aromatic N) is 1. The van der Waals surface area contributed by atoms with Crippen LogP contribution >= 0.6 is 0 Å². The number of nitrogens with two attached hydrogens (primary N) is 1. The van der Waals surface area contributed by atoms with Crippen LogP contribution in [0.4, 0.5) is 0 Å². The molecule has 0 heterocycles. The Balaban J connectivity index is 2.12. The van der Waals surface area contributed by atoms with Crippen LogP contribution in [0.25, 0.3) is 0 Å². The maximum absolute atomic E-state index is 5.52. The molecule has 1 aliphatic carbocycles. The van der Waals surface area contributed by atoms with E-state index in [1.807, 2.05) is 0 Å². The van der Waals surface area contributed by atoms with Crippen molar-refractivity contribution in [1.82, 2.24) is 4.90 Å². The van der Waals surface area contributed by atoms with Gasteiger partial charge in [-0.2, -0.15) is 0 Å². The fourth-order valence-corrected chi connectivity index (χ4v) is 1.72. The highest BCUT2D eigenvalue weighted by atomic mass is 15.1. The molecule has 2 nitrogen and oxygen atoms in total. The smallest absolute Gasteiger partial charge is 0.00760 e. The molecule has 0 amide bonds. The van der Waals surface area contributed by atoms with Gasteiger partial charge in [-0.05, 0) is 45.7 Å². The van der Waals surface area contributed by atoms with Crippen molar-refractivity contribution in [2.45, 2.75) is 38.6 Å². The van der Waals surface area contributed by atoms with Gasteiger partial charge in [0, 0.05) is 12.6 Å². The van der Waals surface area contributed by atoms with Crippen molar-refractivity contribution in [3.05, 3.63) is 0 Å². The van der Waals surface area contributed by atoms with Crippen molar-refractivity contribution in [3.63, 3.8) is 0 Å². The monoisotopic (exact) mass is 170 g/mol. The van der Waals surface area contributed by atoms with Gasteiger partial charge in [-0.15, -0.1) is 0 Å². The third-order valence-electron chi connectivity index (χ3n) is 3.11. The Hall–Kier alpha value is -0.0800. The molecule has 1 fully saturated rings. The van der Waals surface area contributed by atoms with Crippen molar-refractivity contribution in [2.24, 2.45) is 11.7 Å². The molecule has 2 N–H and O–H groups in total. The minimum Gasteiger partial charge on any atom is -0.330 e. The van der Waals surface area contributed by atoms with Gasteiger partial charge in [-0.1, -0.05) is 6.42 Å². The Morgan fingerprint density at radius 3 is 2.58 bits per heavy atom. The molecule has 0 spiro atoms. The lowest BCUT2D eigenvalue weighted by molar-refractivity contribution is 0.165. The van der Waals surface area contributed by atoms with Gasteiger partial charge >= 0.3 is 0 Å². The van der Waals surface area contributed by atoms with E-state index in [4.69, 9.17) is 5.73 Å². The first-order chi connectivity index (χ1) is 5.74. The van der Waals surface area contributed by atoms with E-state index in [1.54, 1.807) is 0 Å². The van der Waals surface area contributed by atoms with Crippen LogP contribution in [0.5, 0.6) is 0 Å². The lowest BCUT2D eigenvalue weighted by Crippen LogP contribution is -2.36. The largest absolute Gasteiger partial charge is 0.330 e. The van der Waals surface area contributed by atoms with Gasteiger partial charge in [0.2, 0.25) is 0 Å². The van der Waals surface area contributed by atoms with Gasteiger partial charge < -0.3 is 10.6 Å². The molecule has 1 saturated carbocycles. The van der Waals surface area contributed by atoms with Crippen LogP contribution in [0.2, 0.25) is 0 Å². The molecule has 0 aromatic heterocycles. The fraction of sp³-hybridized carbons (Fsp3) is 1.00. The minimum atomic E-state index is 0.663. The summed E-state index contributed by atoms with van der Waals surface area (Å²) in [7, 11) is 2.22. The van der Waals surface area contributed by atoms with Gasteiger partial charge in [0.1, 0.15) is 0 Å². The summed E-state index contributed by atoms with van der Waals surface area (Å²) in [4.78, 5) is 2.46. The zero-order valence-corrected chi connectivity index (χ0v) is 8.42. The van der Waals surface area contributed by atoms with Gasteiger partial charge in [-0.25, -0.2) is 0 Å². The summed E-state index contributed by atoms with van der Waals surface area (Å²) in [5.74, 6) is 0.982. The van der Waals surface area contributed by atoms with E-state index in [0.717, 1.165) is 18.9 Å². The predicted octanol–water partition coefficient (Wildman–Crippen LogP) is 1.46. The Morgan fingerprint density at radius 1 is 1.50 bits per heavy atom. The Labute approximate surface area is 76.1 Å². The highest BCUT2D eigenvalue weighted by Gasteiger charge is 2.20. The molecule has 12 heavy (non-hydrogen) atoms. The molecule has 0 aliphatic heterocycles. The first-order valence-corrected chi connectivity index (χ1v) is 5.14. The summed E-state index contributed by atoms with van der Waals surface area (Å²) in [6.07, 6.45) is 5.46. The summed E-state index contributed by atoms with van der Waals surface area (Å²) >= 11 is 0. The van der Waals surface area contributed by atoms with Crippen LogP contribution in [0.3, 0.4) is 0 Å². The Kier molecular flexibility index (Phi) is 4.02. The van der Waals surface area contributed by atoms with E-state index in [9.17, 15) is 0 Å². The summed E-state index contributed by atoms with van der Waals surface area (Å²) < 4.78 is 0. The molecule has 0 aromatic rings. The summed E-state index contributed by atoms with van der Waals surface area (Å²) in [6.45, 7) is 4.36. The molecule has 72 valence electrons. The lowest BCUT2D eigenvalue weighted by Gasteiger charge is -2.33. The Morgan fingerprint density at radius 2 is 2.17 bits per heavy atom. The zero-order valence-electron chi connectivity index (χ0n) is 8.42. The first kappa shape index (κ1) is 10.0. The minimum absolute atomic E-state index is 0.663. The molecule has 0 radical (unpaired) electrons. The van der Waals surface area contributed by atoms with Crippen molar-refractivity contribution < 1.29 is 0 Å². The molecule has 0 bridgehead atoms. The van der Waals surface area contributed by atoms with Crippen LogP contribution in [0, 0.1) is 5.92 Å². The number of hydrogen-bond acceptors (Lipinski definition) is 2. The van der Waals surface area contributed by atoms with Gasteiger partial charge in [-0.3, -0.25) is 0 Å². The van der Waals surface area contributed by atoms with Gasteiger partial charge in [0.25, 0.3) is 0 Å². The fourth-order valence-electron chi connectivity index (χ4n) is 1.72. The second-order valence-corrected chi connectivity index (χ2v) is 4.16. The SMILES string of the molecule is CC(CCN)N(C)CC1CCC1. The lowest BCUT2D eigenvalue weighted by atomic mass is 9.85. The molecular formula is C10H22N2. The van der Waals surface area contributed by atoms with Crippen LogP contribution in [0.1, 0.15) is 32.6 Å². The average molecular weight is 170 g/mol. The standard InChI is InChI=1S/C10H22N2/c1-9(6-7-11)12(2)8-10-4-3-5-10/h9-10H,3-8,11H2,1-2H3. The van der Waals surface area contributed by atoms with Crippen molar-refractivity contribution in [3.8, 4) is 0 Å². The van der Waals surface area contributed by atoms with E-state index in [1.165, 1.54) is 25.8 Å². The van der Waals surface area contributed by atoms with E-state index < -0.39 is 0 Å². The molecule has 1 unspecified atom stereocenters. The number of hydrogen-bond donors (Lipinski definition) is 1. The van der Waals surface area contributed by atoms with Crippen LogP contribution in [0.15, 0.2) is 0 Å². The maximum Gasteiger partial charge on any atom is 0.00760 e. The first-order valence-electron chi connectivity index (χ1n) is 5.14. The summed E-state index contributed by atoms with van der Waals surface area (Å²) in [5, 5.41) is 0. The van der Waals surface area contributed by atoms with Crippen molar-refractivity contribution in [2.75, 3.05) is 20.1 Å². The van der Waals surface area contributed by atoms with Crippen LogP contribution in [-0.4, -0.2) is 31.1 Å². The second-order valence-electron chi connectivity index (χ2n) is 4.16. The topological polar surface area (TPSA) is 29.3 Å². The van der Waals surface area contributed by atoms with Crippen molar-refractivity contribution >= 4 is 0 Å². The molecule has 1 atom stereocenters. The normalized spacial score (nSPS) is 21.0. The second kappa shape index (κ2) is 4.83. The third-order valence-corrected chi connectivity index (χ3v) is 3.11. The number of rotatable bonds is 5. The Bertz CT molecular complexity index is 121. The summed E-state index contributed by atoms with van der Waals surface area (Å²) in [6, 6.07) is 0.663. The quantitative estimate of drug-likeness (QED) is 0.677. The van der Waals surface area contributed by atoms with Crippen LogP contribution < -0.4 is 5.73 Å². The van der Waals surface area contributed by atoms with E-state index in [0.29, 0.717) is 6.04 Å². The van der Waals surface area contributed by atoms with E-state index in [2.05, 4.69) is 18.9 Å². The molecule has 2 heteroatoms. The van der Waals surface area contributed by atoms with Gasteiger partial charge in [0.05, 0.1) is 0 Å². The molecule has 1 rings (SSSR count). The maximum atomic E-state index is 5.52.